The molecule has 0 aliphatic carbocycles. The van der Waals surface area contributed by atoms with Crippen LogP contribution in [0.4, 0.5) is 0 Å². The lowest BCUT2D eigenvalue weighted by Crippen LogP contribution is -2.32. The van der Waals surface area contributed by atoms with Crippen molar-refractivity contribution in [3.05, 3.63) is 64.2 Å². The number of methoxy groups -OCH3 is 1. The molecule has 2 heterocycles. The van der Waals surface area contributed by atoms with E-state index in [0.29, 0.717) is 11.7 Å². The third-order valence-corrected chi connectivity index (χ3v) is 5.45. The minimum atomic E-state index is -0.555. The van der Waals surface area contributed by atoms with E-state index in [2.05, 4.69) is 20.4 Å². The number of carbonyl (C=O) groups excluding carboxylic acids is 2. The Balaban J connectivity index is 1.83. The molecule has 0 saturated heterocycles. The largest absolute Gasteiger partial charge is 0.497 e. The highest BCUT2D eigenvalue weighted by Crippen LogP contribution is 2.23. The first-order valence-corrected chi connectivity index (χ1v) is 11.2. The summed E-state index contributed by atoms with van der Waals surface area (Å²) < 4.78 is 12.1. The molecule has 9 nitrogen and oxygen atoms in total. The van der Waals surface area contributed by atoms with Crippen LogP contribution in [0, 0.1) is 27.7 Å². The maximum Gasteiger partial charge on any atom is 0.308 e. The van der Waals surface area contributed by atoms with Gasteiger partial charge in [0, 0.05) is 22.6 Å². The van der Waals surface area contributed by atoms with Crippen molar-refractivity contribution in [3.8, 4) is 11.7 Å². The van der Waals surface area contributed by atoms with Crippen LogP contribution in [-0.2, 0) is 20.7 Å². The summed E-state index contributed by atoms with van der Waals surface area (Å²) in [5, 5.41) is 7.55. The molecule has 0 saturated carbocycles. The van der Waals surface area contributed by atoms with Gasteiger partial charge in [-0.15, -0.1) is 0 Å². The number of aromatic nitrogens is 4. The Morgan fingerprint density at radius 3 is 2.44 bits per heavy atom. The second-order valence-electron chi connectivity index (χ2n) is 8.09. The molecule has 2 aromatic heterocycles. The van der Waals surface area contributed by atoms with Gasteiger partial charge in [0.15, 0.2) is 0 Å². The molecule has 0 spiro atoms. The van der Waals surface area contributed by atoms with Crippen LogP contribution in [0.25, 0.3) is 5.95 Å². The predicted octanol–water partition coefficient (Wildman–Crippen LogP) is 3.26. The molecule has 0 aliphatic rings. The van der Waals surface area contributed by atoms with Gasteiger partial charge in [-0.2, -0.15) is 5.10 Å². The lowest BCUT2D eigenvalue weighted by Gasteiger charge is -2.19. The molecule has 34 heavy (non-hydrogen) atoms. The monoisotopic (exact) mass is 465 g/mol. The topological polar surface area (TPSA) is 108 Å². The van der Waals surface area contributed by atoms with E-state index in [1.807, 2.05) is 52.0 Å². The maximum atomic E-state index is 13.1. The van der Waals surface area contributed by atoms with Crippen LogP contribution < -0.4 is 10.1 Å². The van der Waals surface area contributed by atoms with E-state index in [4.69, 9.17) is 9.47 Å². The number of nitrogens with one attached hydrogen (secondary N) is 1. The van der Waals surface area contributed by atoms with E-state index in [1.54, 1.807) is 24.8 Å². The number of amides is 1. The summed E-state index contributed by atoms with van der Waals surface area (Å²) in [7, 11) is 1.57. The average molecular weight is 466 g/mol. The van der Waals surface area contributed by atoms with Gasteiger partial charge < -0.3 is 14.8 Å². The Bertz CT molecular complexity index is 1170. The Kier molecular flexibility index (Phi) is 7.99. The average Bonchev–Trinajstić information content (AvgIpc) is 3.06. The normalized spacial score (nSPS) is 11.7. The maximum absolute atomic E-state index is 13.1. The number of rotatable bonds is 9. The van der Waals surface area contributed by atoms with Crippen molar-refractivity contribution in [3.63, 3.8) is 0 Å². The Morgan fingerprint density at radius 1 is 1.09 bits per heavy atom. The van der Waals surface area contributed by atoms with Crippen LogP contribution in [-0.4, -0.2) is 45.3 Å². The molecule has 3 aromatic rings. The molecule has 1 atom stereocenters. The highest BCUT2D eigenvalue weighted by atomic mass is 16.5. The van der Waals surface area contributed by atoms with Gasteiger partial charge >= 0.3 is 5.97 Å². The molecular weight excluding hydrogens is 434 g/mol. The van der Waals surface area contributed by atoms with E-state index in [9.17, 15) is 9.59 Å². The number of esters is 1. The summed E-state index contributed by atoms with van der Waals surface area (Å²) in [6.45, 7) is 9.57. The van der Waals surface area contributed by atoms with Crippen molar-refractivity contribution in [2.75, 3.05) is 13.7 Å². The number of ether oxygens (including phenoxy) is 2. The van der Waals surface area contributed by atoms with Crippen LogP contribution in [0.15, 0.2) is 30.3 Å². The van der Waals surface area contributed by atoms with Crippen molar-refractivity contribution in [2.45, 2.75) is 53.5 Å². The van der Waals surface area contributed by atoms with Crippen molar-refractivity contribution < 1.29 is 19.1 Å². The number of carbonyl (C=O) groups is 2. The van der Waals surface area contributed by atoms with Gasteiger partial charge in [-0.05, 0) is 58.4 Å². The molecule has 0 bridgehead atoms. The third kappa shape index (κ3) is 5.98. The number of hydrogen-bond acceptors (Lipinski definition) is 7. The lowest BCUT2D eigenvalue weighted by atomic mass is 10.0. The fourth-order valence-electron chi connectivity index (χ4n) is 3.83. The number of hydrogen-bond donors (Lipinski definition) is 1. The molecular formula is C25H31N5O4. The molecule has 0 aliphatic heterocycles. The zero-order valence-electron chi connectivity index (χ0n) is 20.5. The van der Waals surface area contributed by atoms with E-state index in [1.165, 1.54) is 0 Å². The summed E-state index contributed by atoms with van der Waals surface area (Å²) >= 11 is 0. The minimum Gasteiger partial charge on any atom is -0.497 e. The van der Waals surface area contributed by atoms with Crippen LogP contribution in [0.3, 0.4) is 0 Å². The standard InChI is InChI=1S/C25H31N5O4/c1-7-34-24(32)14-22(19-9-8-10-20(12-19)33-6)28-23(31)13-21-17(4)29-30(18(21)5)25-26-15(2)11-16(3)27-25/h8-12,22H,7,13-14H2,1-6H3,(H,28,31). The Labute approximate surface area is 199 Å². The molecule has 0 fully saturated rings. The van der Waals surface area contributed by atoms with E-state index < -0.39 is 6.04 Å². The second kappa shape index (κ2) is 10.9. The van der Waals surface area contributed by atoms with Crippen LogP contribution in [0.1, 0.15) is 53.3 Å². The zero-order chi connectivity index (χ0) is 24.8. The minimum absolute atomic E-state index is 0.0143. The molecule has 1 N–H and O–H groups in total. The number of nitrogens with zero attached hydrogens (tertiary/aromatic N) is 4. The van der Waals surface area contributed by atoms with Gasteiger partial charge in [0.2, 0.25) is 5.91 Å². The van der Waals surface area contributed by atoms with E-state index in [0.717, 1.165) is 33.9 Å². The van der Waals surface area contributed by atoms with Gasteiger partial charge in [0.1, 0.15) is 5.75 Å². The zero-order valence-corrected chi connectivity index (χ0v) is 20.5. The van der Waals surface area contributed by atoms with Gasteiger partial charge in [-0.3, -0.25) is 9.59 Å². The van der Waals surface area contributed by atoms with Gasteiger partial charge in [-0.25, -0.2) is 14.6 Å². The quantitative estimate of drug-likeness (QED) is 0.483. The highest BCUT2D eigenvalue weighted by Gasteiger charge is 2.23. The van der Waals surface area contributed by atoms with Gasteiger partial charge in [-0.1, -0.05) is 12.1 Å². The number of benzene rings is 1. The summed E-state index contributed by atoms with van der Waals surface area (Å²) in [6, 6.07) is 8.62. The van der Waals surface area contributed by atoms with Crippen molar-refractivity contribution >= 4 is 11.9 Å². The summed E-state index contributed by atoms with van der Waals surface area (Å²) in [5.74, 6) is 0.496. The van der Waals surface area contributed by atoms with Crippen LogP contribution in [0.2, 0.25) is 0 Å². The second-order valence-corrected chi connectivity index (χ2v) is 8.09. The van der Waals surface area contributed by atoms with Crippen molar-refractivity contribution in [1.82, 2.24) is 25.1 Å². The summed E-state index contributed by atoms with van der Waals surface area (Å²) in [5.41, 5.74) is 4.75. The Hall–Kier alpha value is -3.75. The molecule has 0 radical (unpaired) electrons. The lowest BCUT2D eigenvalue weighted by molar-refractivity contribution is -0.143. The first kappa shape index (κ1) is 24.9. The molecule has 1 aromatic carbocycles. The van der Waals surface area contributed by atoms with Gasteiger partial charge in [0.25, 0.3) is 5.95 Å². The van der Waals surface area contributed by atoms with Crippen molar-refractivity contribution in [1.29, 1.82) is 0 Å². The Morgan fingerprint density at radius 2 is 1.79 bits per heavy atom. The molecule has 180 valence electrons. The highest BCUT2D eigenvalue weighted by molar-refractivity contribution is 5.80. The predicted molar refractivity (Wildman–Crippen MR) is 127 cm³/mol. The van der Waals surface area contributed by atoms with E-state index in [-0.39, 0.29) is 31.3 Å². The molecule has 3 rings (SSSR count). The summed E-state index contributed by atoms with van der Waals surface area (Å²) in [4.78, 5) is 34.3. The first-order valence-electron chi connectivity index (χ1n) is 11.2. The smallest absolute Gasteiger partial charge is 0.308 e. The fourth-order valence-corrected chi connectivity index (χ4v) is 3.83. The van der Waals surface area contributed by atoms with Crippen molar-refractivity contribution in [2.24, 2.45) is 0 Å². The van der Waals surface area contributed by atoms with E-state index >= 15 is 0 Å². The number of aryl methyl sites for hydroxylation is 3. The first-order chi connectivity index (χ1) is 16.2. The third-order valence-electron chi connectivity index (χ3n) is 5.45. The SMILES string of the molecule is CCOC(=O)CC(NC(=O)Cc1c(C)nn(-c2nc(C)cc(C)n2)c1C)c1cccc(OC)c1. The fraction of sp³-hybridized carbons (Fsp3) is 0.400. The molecule has 9 heteroatoms. The molecule has 1 unspecified atom stereocenters. The molecule has 1 amide bonds. The van der Waals surface area contributed by atoms with Crippen LogP contribution in [0.5, 0.6) is 5.75 Å². The van der Waals surface area contributed by atoms with Gasteiger partial charge in [0.05, 0.1) is 38.3 Å². The van der Waals surface area contributed by atoms with Crippen LogP contribution >= 0.6 is 0 Å². The summed E-state index contributed by atoms with van der Waals surface area (Å²) in [6.07, 6.45) is 0.117.